The Morgan fingerprint density at radius 2 is 2.28 bits per heavy atom. The lowest BCUT2D eigenvalue weighted by Gasteiger charge is -2.19. The molecule has 2 rings (SSSR count). The van der Waals surface area contributed by atoms with Gasteiger partial charge in [-0.05, 0) is 51.1 Å². The molecule has 0 saturated carbocycles. The van der Waals surface area contributed by atoms with Crippen LogP contribution in [-0.2, 0) is 4.74 Å². The second kappa shape index (κ2) is 6.42. The SMILES string of the molecule is CNC(C)c1cc(Br)ccc1SC1CCOC1C. The van der Waals surface area contributed by atoms with E-state index in [2.05, 4.69) is 53.3 Å². The van der Waals surface area contributed by atoms with Gasteiger partial charge in [-0.2, -0.15) is 0 Å². The molecule has 4 heteroatoms. The molecule has 100 valence electrons. The molecular weight excluding hydrogens is 310 g/mol. The Morgan fingerprint density at radius 1 is 1.50 bits per heavy atom. The van der Waals surface area contributed by atoms with Crippen LogP contribution >= 0.6 is 27.7 Å². The van der Waals surface area contributed by atoms with Crippen molar-refractivity contribution >= 4 is 27.7 Å². The lowest BCUT2D eigenvalue weighted by Crippen LogP contribution is -2.16. The standard InChI is InChI=1S/C14H20BrNOS/c1-9(16-3)12-8-11(15)4-5-14(12)18-13-6-7-17-10(13)2/h4-5,8-10,13,16H,6-7H2,1-3H3. The molecule has 0 bridgehead atoms. The minimum atomic E-state index is 0.358. The number of rotatable bonds is 4. The summed E-state index contributed by atoms with van der Waals surface area (Å²) < 4.78 is 6.78. The highest BCUT2D eigenvalue weighted by atomic mass is 79.9. The number of nitrogens with one attached hydrogen (secondary N) is 1. The minimum Gasteiger partial charge on any atom is -0.377 e. The Bertz CT molecular complexity index is 413. The predicted octanol–water partition coefficient (Wildman–Crippen LogP) is 4.00. The van der Waals surface area contributed by atoms with E-state index in [1.54, 1.807) is 0 Å². The van der Waals surface area contributed by atoms with E-state index in [0.29, 0.717) is 17.4 Å². The lowest BCUT2D eigenvalue weighted by atomic mass is 10.1. The fourth-order valence-corrected chi connectivity index (χ4v) is 3.86. The van der Waals surface area contributed by atoms with Crippen LogP contribution in [0.2, 0.25) is 0 Å². The topological polar surface area (TPSA) is 21.3 Å². The van der Waals surface area contributed by atoms with Crippen molar-refractivity contribution in [3.63, 3.8) is 0 Å². The molecule has 1 aliphatic heterocycles. The van der Waals surface area contributed by atoms with Crippen LogP contribution in [0.25, 0.3) is 0 Å². The molecule has 0 aromatic heterocycles. The molecule has 0 spiro atoms. The zero-order valence-corrected chi connectivity index (χ0v) is 13.5. The van der Waals surface area contributed by atoms with Crippen LogP contribution < -0.4 is 5.32 Å². The Balaban J connectivity index is 2.20. The first-order valence-electron chi connectivity index (χ1n) is 6.36. The summed E-state index contributed by atoms with van der Waals surface area (Å²) in [7, 11) is 2.00. The molecule has 1 aromatic rings. The fourth-order valence-electron chi connectivity index (χ4n) is 2.15. The van der Waals surface area contributed by atoms with Gasteiger partial charge in [0.2, 0.25) is 0 Å². The Morgan fingerprint density at radius 3 is 2.89 bits per heavy atom. The predicted molar refractivity (Wildman–Crippen MR) is 81.3 cm³/mol. The number of halogens is 1. The largest absolute Gasteiger partial charge is 0.377 e. The summed E-state index contributed by atoms with van der Waals surface area (Å²) in [4.78, 5) is 1.36. The Hall–Kier alpha value is -0.0300. The van der Waals surface area contributed by atoms with Crippen LogP contribution in [0.15, 0.2) is 27.6 Å². The highest BCUT2D eigenvalue weighted by Gasteiger charge is 2.26. The molecular formula is C14H20BrNOS. The molecule has 3 unspecified atom stereocenters. The minimum absolute atomic E-state index is 0.358. The van der Waals surface area contributed by atoms with Crippen molar-refractivity contribution in [2.45, 2.75) is 42.6 Å². The van der Waals surface area contributed by atoms with Crippen LogP contribution in [0.3, 0.4) is 0 Å². The molecule has 18 heavy (non-hydrogen) atoms. The van der Waals surface area contributed by atoms with E-state index < -0.39 is 0 Å². The average Bonchev–Trinajstić information content (AvgIpc) is 2.76. The van der Waals surface area contributed by atoms with E-state index in [1.165, 1.54) is 10.5 Å². The normalized spacial score (nSPS) is 25.3. The van der Waals surface area contributed by atoms with Crippen molar-refractivity contribution in [2.75, 3.05) is 13.7 Å². The van der Waals surface area contributed by atoms with Gasteiger partial charge in [0.05, 0.1) is 6.10 Å². The van der Waals surface area contributed by atoms with Gasteiger partial charge in [0.25, 0.3) is 0 Å². The summed E-state index contributed by atoms with van der Waals surface area (Å²) in [5, 5.41) is 3.90. The van der Waals surface area contributed by atoms with Crippen molar-refractivity contribution < 1.29 is 4.74 Å². The molecule has 1 heterocycles. The second-order valence-electron chi connectivity index (χ2n) is 4.71. The average molecular weight is 330 g/mol. The maximum Gasteiger partial charge on any atom is 0.0669 e. The monoisotopic (exact) mass is 329 g/mol. The second-order valence-corrected chi connectivity index (χ2v) is 6.91. The highest BCUT2D eigenvalue weighted by Crippen LogP contribution is 2.37. The van der Waals surface area contributed by atoms with Crippen molar-refractivity contribution in [1.29, 1.82) is 0 Å². The van der Waals surface area contributed by atoms with E-state index in [4.69, 9.17) is 4.74 Å². The molecule has 1 saturated heterocycles. The number of hydrogen-bond donors (Lipinski definition) is 1. The van der Waals surface area contributed by atoms with Crippen LogP contribution in [0.1, 0.15) is 31.9 Å². The first-order valence-corrected chi connectivity index (χ1v) is 8.04. The molecule has 0 radical (unpaired) electrons. The molecule has 1 fully saturated rings. The zero-order chi connectivity index (χ0) is 13.1. The van der Waals surface area contributed by atoms with E-state index in [9.17, 15) is 0 Å². The molecule has 1 aliphatic rings. The number of thioether (sulfide) groups is 1. The van der Waals surface area contributed by atoms with Gasteiger partial charge in [0.1, 0.15) is 0 Å². The third-order valence-electron chi connectivity index (χ3n) is 3.46. The van der Waals surface area contributed by atoms with Crippen molar-refractivity contribution in [1.82, 2.24) is 5.32 Å². The molecule has 1 aromatic carbocycles. The summed E-state index contributed by atoms with van der Waals surface area (Å²) in [6.45, 7) is 5.26. The van der Waals surface area contributed by atoms with E-state index >= 15 is 0 Å². The number of benzene rings is 1. The molecule has 2 nitrogen and oxygen atoms in total. The van der Waals surface area contributed by atoms with Crippen molar-refractivity contribution in [3.05, 3.63) is 28.2 Å². The van der Waals surface area contributed by atoms with Gasteiger partial charge >= 0.3 is 0 Å². The van der Waals surface area contributed by atoms with Gasteiger partial charge in [0.15, 0.2) is 0 Å². The van der Waals surface area contributed by atoms with E-state index in [1.807, 2.05) is 18.8 Å². The molecule has 0 amide bonds. The number of hydrogen-bond acceptors (Lipinski definition) is 3. The molecule has 1 N–H and O–H groups in total. The first kappa shape index (κ1) is 14.4. The third kappa shape index (κ3) is 3.29. The highest BCUT2D eigenvalue weighted by molar-refractivity contribution is 9.10. The van der Waals surface area contributed by atoms with Crippen LogP contribution in [0.5, 0.6) is 0 Å². The first-order chi connectivity index (χ1) is 8.61. The number of ether oxygens (including phenoxy) is 1. The van der Waals surface area contributed by atoms with Crippen LogP contribution in [0, 0.1) is 0 Å². The zero-order valence-electron chi connectivity index (χ0n) is 11.1. The molecule has 3 atom stereocenters. The van der Waals surface area contributed by atoms with Gasteiger partial charge < -0.3 is 10.1 Å². The quantitative estimate of drug-likeness (QED) is 0.902. The van der Waals surface area contributed by atoms with Crippen molar-refractivity contribution in [3.8, 4) is 0 Å². The van der Waals surface area contributed by atoms with Crippen LogP contribution in [-0.4, -0.2) is 25.0 Å². The fraction of sp³-hybridized carbons (Fsp3) is 0.571. The Labute approximate surface area is 122 Å². The maximum atomic E-state index is 5.64. The summed E-state index contributed by atoms with van der Waals surface area (Å²) in [5.74, 6) is 0. The van der Waals surface area contributed by atoms with Crippen LogP contribution in [0.4, 0.5) is 0 Å². The summed E-state index contributed by atoms with van der Waals surface area (Å²) in [5.41, 5.74) is 1.36. The van der Waals surface area contributed by atoms with Gasteiger partial charge in [-0.1, -0.05) is 15.9 Å². The lowest BCUT2D eigenvalue weighted by molar-refractivity contribution is 0.127. The van der Waals surface area contributed by atoms with Gasteiger partial charge in [-0.15, -0.1) is 11.8 Å². The van der Waals surface area contributed by atoms with E-state index in [0.717, 1.165) is 17.5 Å². The summed E-state index contributed by atoms with van der Waals surface area (Å²) >= 11 is 5.51. The van der Waals surface area contributed by atoms with Crippen molar-refractivity contribution in [2.24, 2.45) is 0 Å². The van der Waals surface area contributed by atoms with Gasteiger partial charge in [0, 0.05) is 27.3 Å². The van der Waals surface area contributed by atoms with Gasteiger partial charge in [-0.3, -0.25) is 0 Å². The maximum absolute atomic E-state index is 5.64. The third-order valence-corrected chi connectivity index (χ3v) is 5.50. The smallest absolute Gasteiger partial charge is 0.0669 e. The summed E-state index contributed by atoms with van der Waals surface area (Å²) in [6.07, 6.45) is 1.51. The van der Waals surface area contributed by atoms with E-state index in [-0.39, 0.29) is 0 Å². The Kier molecular flexibility index (Phi) is 5.13. The van der Waals surface area contributed by atoms with Gasteiger partial charge in [-0.25, -0.2) is 0 Å². The molecule has 0 aliphatic carbocycles. The summed E-state index contributed by atoms with van der Waals surface area (Å²) in [6, 6.07) is 6.91.